The fourth-order valence-corrected chi connectivity index (χ4v) is 2.68. The molecule has 18 heavy (non-hydrogen) atoms. The molecule has 96 valence electrons. The largest absolute Gasteiger partial charge is 0.397 e. The zero-order valence-electron chi connectivity index (χ0n) is 11.1. The molecule has 0 spiro atoms. The minimum absolute atomic E-state index is 0.821. The van der Waals surface area contributed by atoms with Gasteiger partial charge in [-0.05, 0) is 32.9 Å². The first-order chi connectivity index (χ1) is 8.65. The van der Waals surface area contributed by atoms with Gasteiger partial charge in [-0.3, -0.25) is 0 Å². The molecule has 0 aliphatic heterocycles. The van der Waals surface area contributed by atoms with E-state index in [4.69, 9.17) is 5.73 Å². The van der Waals surface area contributed by atoms with Crippen molar-refractivity contribution in [2.75, 3.05) is 23.7 Å². The SMILES string of the molecule is CCN(CC)c1ccc(-c2csc(C)n2)cc1N. The maximum absolute atomic E-state index is 6.15. The highest BCUT2D eigenvalue weighted by Crippen LogP contribution is 2.29. The second-order valence-electron chi connectivity index (χ2n) is 4.20. The van der Waals surface area contributed by atoms with E-state index in [0.29, 0.717) is 0 Å². The number of anilines is 2. The smallest absolute Gasteiger partial charge is 0.0901 e. The normalized spacial score (nSPS) is 10.6. The average Bonchev–Trinajstić information content (AvgIpc) is 2.79. The Hall–Kier alpha value is -1.55. The highest BCUT2D eigenvalue weighted by atomic mass is 32.1. The lowest BCUT2D eigenvalue weighted by atomic mass is 10.1. The molecule has 0 aliphatic carbocycles. The van der Waals surface area contributed by atoms with E-state index >= 15 is 0 Å². The lowest BCUT2D eigenvalue weighted by molar-refractivity contribution is 0.868. The number of nitrogens with two attached hydrogens (primary N) is 1. The Balaban J connectivity index is 2.35. The standard InChI is InChI=1S/C14H19N3S/c1-4-17(5-2)14-7-6-11(8-12(14)15)13-9-18-10(3)16-13/h6-9H,4-5,15H2,1-3H3. The average molecular weight is 261 g/mol. The Labute approximate surface area is 112 Å². The van der Waals surface area contributed by atoms with Crippen LogP contribution in [-0.2, 0) is 0 Å². The molecule has 0 fully saturated rings. The van der Waals surface area contributed by atoms with Crippen LogP contribution >= 0.6 is 11.3 Å². The van der Waals surface area contributed by atoms with Gasteiger partial charge in [-0.2, -0.15) is 0 Å². The number of benzene rings is 1. The van der Waals surface area contributed by atoms with Gasteiger partial charge in [-0.15, -0.1) is 11.3 Å². The summed E-state index contributed by atoms with van der Waals surface area (Å²) in [5.41, 5.74) is 10.2. The number of nitrogens with zero attached hydrogens (tertiary/aromatic N) is 2. The highest BCUT2D eigenvalue weighted by molar-refractivity contribution is 7.09. The minimum Gasteiger partial charge on any atom is -0.397 e. The van der Waals surface area contributed by atoms with Crippen LogP contribution in [0.25, 0.3) is 11.3 Å². The highest BCUT2D eigenvalue weighted by Gasteiger charge is 2.09. The molecule has 0 bridgehead atoms. The van der Waals surface area contributed by atoms with Gasteiger partial charge in [0.25, 0.3) is 0 Å². The number of hydrogen-bond acceptors (Lipinski definition) is 4. The Morgan fingerprint density at radius 3 is 2.50 bits per heavy atom. The van der Waals surface area contributed by atoms with E-state index in [1.165, 1.54) is 0 Å². The van der Waals surface area contributed by atoms with Gasteiger partial charge in [0.1, 0.15) is 0 Å². The van der Waals surface area contributed by atoms with Crippen molar-refractivity contribution >= 4 is 22.7 Å². The van der Waals surface area contributed by atoms with Crippen molar-refractivity contribution in [1.82, 2.24) is 4.98 Å². The molecule has 1 heterocycles. The van der Waals surface area contributed by atoms with Gasteiger partial charge >= 0.3 is 0 Å². The summed E-state index contributed by atoms with van der Waals surface area (Å²) in [6, 6.07) is 6.20. The van der Waals surface area contributed by atoms with Crippen LogP contribution in [0.2, 0.25) is 0 Å². The number of hydrogen-bond donors (Lipinski definition) is 1. The molecule has 0 atom stereocenters. The van der Waals surface area contributed by atoms with Gasteiger partial charge in [0.2, 0.25) is 0 Å². The minimum atomic E-state index is 0.821. The third-order valence-corrected chi connectivity index (χ3v) is 3.82. The summed E-state index contributed by atoms with van der Waals surface area (Å²) in [5.74, 6) is 0. The number of thiazole rings is 1. The van der Waals surface area contributed by atoms with Gasteiger partial charge in [0, 0.05) is 24.0 Å². The van der Waals surface area contributed by atoms with Crippen molar-refractivity contribution in [3.05, 3.63) is 28.6 Å². The maximum Gasteiger partial charge on any atom is 0.0901 e. The third-order valence-electron chi connectivity index (χ3n) is 3.05. The van der Waals surface area contributed by atoms with Crippen molar-refractivity contribution in [3.8, 4) is 11.3 Å². The fraction of sp³-hybridized carbons (Fsp3) is 0.357. The molecule has 2 N–H and O–H groups in total. The second-order valence-corrected chi connectivity index (χ2v) is 5.26. The van der Waals surface area contributed by atoms with Gasteiger partial charge in [0.05, 0.1) is 22.1 Å². The lowest BCUT2D eigenvalue weighted by Crippen LogP contribution is -2.22. The summed E-state index contributed by atoms with van der Waals surface area (Å²) < 4.78 is 0. The lowest BCUT2D eigenvalue weighted by Gasteiger charge is -2.23. The first-order valence-corrected chi connectivity index (χ1v) is 7.10. The molecule has 0 saturated carbocycles. The molecule has 1 aromatic heterocycles. The van der Waals surface area contributed by atoms with E-state index in [1.54, 1.807) is 11.3 Å². The molecule has 3 nitrogen and oxygen atoms in total. The quantitative estimate of drug-likeness (QED) is 0.856. The Bertz CT molecular complexity index is 530. The zero-order chi connectivity index (χ0) is 13.1. The van der Waals surface area contributed by atoms with E-state index in [9.17, 15) is 0 Å². The van der Waals surface area contributed by atoms with Crippen LogP contribution < -0.4 is 10.6 Å². The fourth-order valence-electron chi connectivity index (χ4n) is 2.06. The van der Waals surface area contributed by atoms with E-state index in [-0.39, 0.29) is 0 Å². The van der Waals surface area contributed by atoms with Crippen molar-refractivity contribution in [2.24, 2.45) is 0 Å². The Morgan fingerprint density at radius 2 is 2.00 bits per heavy atom. The molecule has 0 radical (unpaired) electrons. The summed E-state index contributed by atoms with van der Waals surface area (Å²) in [6.07, 6.45) is 0. The van der Waals surface area contributed by atoms with Crippen LogP contribution in [0.4, 0.5) is 11.4 Å². The van der Waals surface area contributed by atoms with Crippen molar-refractivity contribution in [2.45, 2.75) is 20.8 Å². The first kappa shape index (κ1) is 12.9. The molecule has 2 rings (SSSR count). The third kappa shape index (κ3) is 2.48. The monoisotopic (exact) mass is 261 g/mol. The number of aromatic nitrogens is 1. The number of nitrogen functional groups attached to an aromatic ring is 1. The second kappa shape index (κ2) is 5.40. The van der Waals surface area contributed by atoms with Gasteiger partial charge in [-0.25, -0.2) is 4.98 Å². The summed E-state index contributed by atoms with van der Waals surface area (Å²) in [7, 11) is 0. The molecule has 1 aromatic carbocycles. The Kier molecular flexibility index (Phi) is 3.87. The van der Waals surface area contributed by atoms with Crippen LogP contribution in [0.15, 0.2) is 23.6 Å². The van der Waals surface area contributed by atoms with Crippen molar-refractivity contribution in [3.63, 3.8) is 0 Å². The van der Waals surface area contributed by atoms with Crippen molar-refractivity contribution < 1.29 is 0 Å². The molecule has 0 amide bonds. The predicted molar refractivity (Wildman–Crippen MR) is 80.3 cm³/mol. The van der Waals surface area contributed by atoms with Crippen LogP contribution in [0.5, 0.6) is 0 Å². The molecular formula is C14H19N3S. The summed E-state index contributed by atoms with van der Waals surface area (Å²) in [6.45, 7) is 8.23. The summed E-state index contributed by atoms with van der Waals surface area (Å²) in [5, 5.41) is 3.15. The van der Waals surface area contributed by atoms with Gasteiger partial charge < -0.3 is 10.6 Å². The molecule has 0 saturated heterocycles. The summed E-state index contributed by atoms with van der Waals surface area (Å²) in [4.78, 5) is 6.74. The van der Waals surface area contributed by atoms with E-state index in [2.05, 4.69) is 41.2 Å². The van der Waals surface area contributed by atoms with Gasteiger partial charge in [-0.1, -0.05) is 6.07 Å². The molecule has 2 aromatic rings. The predicted octanol–water partition coefficient (Wildman–Crippen LogP) is 3.55. The van der Waals surface area contributed by atoms with E-state index < -0.39 is 0 Å². The molecule has 0 unspecified atom stereocenters. The number of aryl methyl sites for hydroxylation is 1. The first-order valence-electron chi connectivity index (χ1n) is 6.22. The molecular weight excluding hydrogens is 242 g/mol. The summed E-state index contributed by atoms with van der Waals surface area (Å²) >= 11 is 1.66. The van der Waals surface area contributed by atoms with Crippen molar-refractivity contribution in [1.29, 1.82) is 0 Å². The van der Waals surface area contributed by atoms with Crippen LogP contribution in [-0.4, -0.2) is 18.1 Å². The maximum atomic E-state index is 6.15. The number of rotatable bonds is 4. The van der Waals surface area contributed by atoms with E-state index in [0.717, 1.165) is 40.7 Å². The molecule has 0 aliphatic rings. The Morgan fingerprint density at radius 1 is 1.28 bits per heavy atom. The van der Waals surface area contributed by atoms with Crippen LogP contribution in [0.1, 0.15) is 18.9 Å². The van der Waals surface area contributed by atoms with Crippen LogP contribution in [0, 0.1) is 6.92 Å². The topological polar surface area (TPSA) is 42.2 Å². The van der Waals surface area contributed by atoms with E-state index in [1.807, 2.05) is 13.0 Å². The zero-order valence-corrected chi connectivity index (χ0v) is 11.9. The van der Waals surface area contributed by atoms with Gasteiger partial charge in [0.15, 0.2) is 0 Å². The molecule has 4 heteroatoms. The van der Waals surface area contributed by atoms with Crippen LogP contribution in [0.3, 0.4) is 0 Å².